The van der Waals surface area contributed by atoms with Crippen molar-refractivity contribution < 1.29 is 59.5 Å². The van der Waals surface area contributed by atoms with Crippen LogP contribution >= 0.6 is 23.2 Å². The minimum absolute atomic E-state index is 0.116. The van der Waals surface area contributed by atoms with Crippen LogP contribution in [0.25, 0.3) is 4.85 Å². The molecule has 143 heavy (non-hydrogen) atoms. The van der Waals surface area contributed by atoms with Crippen molar-refractivity contribution in [2.75, 3.05) is 218 Å². The number of hydrogen-bond acceptors (Lipinski definition) is 18. The second-order valence-corrected chi connectivity index (χ2v) is 35.1. The van der Waals surface area contributed by atoms with E-state index in [-0.39, 0.29) is 42.0 Å². The van der Waals surface area contributed by atoms with Crippen molar-refractivity contribution in [3.63, 3.8) is 0 Å². The Hall–Kier alpha value is -15.8. The highest BCUT2D eigenvalue weighted by Crippen LogP contribution is 2.32. The normalized spacial score (nSPS) is 14.6. The molecule has 0 spiro atoms. The summed E-state index contributed by atoms with van der Waals surface area (Å²) in [5, 5.41) is 18.1. The van der Waals surface area contributed by atoms with E-state index >= 15 is 0 Å². The van der Waals surface area contributed by atoms with Gasteiger partial charge in [0.05, 0.1) is 29.2 Å². The standard InChI is InChI=1S/C18H19F2N3O.C18H19N5O.C17H18Cl2N4O.2C17H18F2N4O.C16H18FN5O/c1-13-2-5-15(6-3-13)21-18(24)23-10-8-22(9-11-23)17-7-4-14(19)12-16(17)20;1-14-3-8-17(20-13-14)21-18(24)23-11-9-22(10-12-23)16-6-4-15(19-2)5-7-16;1-12-2-5-16(20-11-12)21-17(24)23-8-6-22(7-9-23)15-4-3-13(18)10-14(15)19;1-12-2-5-16(20-11-12)21-17(24)23-8-6-22(7-9-23)13-3-4-14(18)15(19)10-13;1-12-2-3-16(20-11-12)21-17(24)23-6-4-22(5-7-23)15-9-13(18)8-14(19)10-15;1-12-2-4-14(18-10-12)20-16(23)22-8-6-21(7-9-22)15-5-3-13(17)11-19-15/h2-7,12H,8-11H2,1H3,(H,21,24);3-8,13H,9-12H2,1H3,(H,20,21,24);2*2-5,10-11H,6-9H2,1H3,(H,20,21,24);2-3,8-11H,4-7H2,1H3,(H,20,21,24);2-5,10-11H,6-9H2,1H3,(H,18,20,23). The van der Waals surface area contributed by atoms with E-state index in [0.29, 0.717) is 193 Å². The number of aromatic nitrogens is 6. The molecule has 6 saturated heterocycles. The molecule has 6 aromatic heterocycles. The lowest BCUT2D eigenvalue weighted by Crippen LogP contribution is -2.50. The smallest absolute Gasteiger partial charge is 0.323 e. The Labute approximate surface area is 835 Å². The number of aryl methyl sites for hydroxylation is 6. The molecule has 0 atom stereocenters. The van der Waals surface area contributed by atoms with Gasteiger partial charge in [-0.2, -0.15) is 0 Å². The summed E-state index contributed by atoms with van der Waals surface area (Å²) in [4.78, 5) is 124. The predicted octanol–water partition coefficient (Wildman–Crippen LogP) is 19.3. The molecule has 746 valence electrons. The highest BCUT2D eigenvalue weighted by Gasteiger charge is 2.30. The molecule has 6 N–H and O–H groups in total. The fourth-order valence-electron chi connectivity index (χ4n) is 15.6. The molecule has 6 aliphatic heterocycles. The summed E-state index contributed by atoms with van der Waals surface area (Å²) < 4.78 is 92.7. The Morgan fingerprint density at radius 3 is 0.958 bits per heavy atom. The molecule has 18 rings (SSSR count). The maximum Gasteiger partial charge on any atom is 0.323 e. The summed E-state index contributed by atoms with van der Waals surface area (Å²) in [6.45, 7) is 32.7. The highest BCUT2D eigenvalue weighted by molar-refractivity contribution is 6.36. The number of carbonyl (C=O) groups excluding carboxylic acids is 6. The van der Waals surface area contributed by atoms with E-state index < -0.39 is 34.9 Å². The summed E-state index contributed by atoms with van der Waals surface area (Å²) in [5.41, 5.74) is 11.2. The summed E-state index contributed by atoms with van der Waals surface area (Å²) >= 11 is 12.2. The SMILES string of the molecule is Cc1ccc(NC(=O)N2CCN(c3cc(F)cc(F)c3)CC2)nc1.Cc1ccc(NC(=O)N2CCN(c3ccc(Cl)cc3Cl)CC2)nc1.Cc1ccc(NC(=O)N2CCN(c3ccc(F)c(F)c3)CC2)nc1.Cc1ccc(NC(=O)N2CCN(c3ccc(F)cc3F)CC2)cc1.Cc1ccc(NC(=O)N2CCN(c3ccc(F)cn3)CC2)nc1.[C-]#[N+]c1ccc(N2CCN(C(=O)Nc3ccc(C)cn3)CC2)cc1. The molecule has 40 heteroatoms. The fraction of sp³-hybridized carbons (Fsp3) is 0.291. The summed E-state index contributed by atoms with van der Waals surface area (Å²) in [5.74, 6) is -1.02. The topological polar surface area (TPSA) is 295 Å². The van der Waals surface area contributed by atoms with Gasteiger partial charge in [0.25, 0.3) is 0 Å². The number of rotatable bonds is 12. The van der Waals surface area contributed by atoms with Crippen molar-refractivity contribution in [3.05, 3.63) is 327 Å². The Kier molecular flexibility index (Phi) is 37.2. The first-order valence-corrected chi connectivity index (χ1v) is 47.1. The van der Waals surface area contributed by atoms with Crippen LogP contribution in [0.1, 0.15) is 33.4 Å². The second kappa shape index (κ2) is 50.9. The van der Waals surface area contributed by atoms with E-state index in [1.807, 2.05) is 158 Å². The van der Waals surface area contributed by atoms with E-state index in [0.717, 1.165) is 101 Å². The maximum absolute atomic E-state index is 13.8. The number of urea groups is 6. The Balaban J connectivity index is 0.000000144. The number of anilines is 12. The van der Waals surface area contributed by atoms with E-state index in [2.05, 4.69) is 76.4 Å². The third-order valence-corrected chi connectivity index (χ3v) is 24.3. The van der Waals surface area contributed by atoms with Gasteiger partial charge in [-0.1, -0.05) is 83.4 Å². The Bertz CT molecular complexity index is 6150. The quantitative estimate of drug-likeness (QED) is 0.0489. The van der Waals surface area contributed by atoms with Crippen molar-refractivity contribution in [1.82, 2.24) is 59.3 Å². The Morgan fingerprint density at radius 1 is 0.273 bits per heavy atom. The van der Waals surface area contributed by atoms with Crippen molar-refractivity contribution in [1.29, 1.82) is 0 Å². The molecule has 6 fully saturated rings. The molecule has 12 aromatic rings. The zero-order valence-electron chi connectivity index (χ0n) is 79.8. The third-order valence-electron chi connectivity index (χ3n) is 23.8. The van der Waals surface area contributed by atoms with Crippen LogP contribution < -0.4 is 61.3 Å². The lowest BCUT2D eigenvalue weighted by atomic mass is 10.2. The van der Waals surface area contributed by atoms with Gasteiger partial charge >= 0.3 is 36.2 Å². The zero-order chi connectivity index (χ0) is 102. The van der Waals surface area contributed by atoms with Crippen LogP contribution in [0, 0.1) is 88.8 Å². The lowest BCUT2D eigenvalue weighted by Gasteiger charge is -2.36. The molecule has 12 amide bonds. The van der Waals surface area contributed by atoms with Crippen molar-refractivity contribution >= 4 is 134 Å². The first-order valence-electron chi connectivity index (χ1n) is 46.3. The van der Waals surface area contributed by atoms with Gasteiger partial charge in [-0.3, -0.25) is 26.6 Å². The van der Waals surface area contributed by atoms with Crippen molar-refractivity contribution in [2.24, 2.45) is 0 Å². The van der Waals surface area contributed by atoms with E-state index in [1.54, 1.807) is 103 Å². The van der Waals surface area contributed by atoms with Gasteiger partial charge in [0.15, 0.2) is 17.3 Å². The van der Waals surface area contributed by atoms with Crippen LogP contribution in [-0.4, -0.2) is 253 Å². The number of carbonyl (C=O) groups is 6. The molecular formula is C103H110Cl2F7N25O6. The highest BCUT2D eigenvalue weighted by atomic mass is 35.5. The number of nitrogens with zero attached hydrogens (tertiary/aromatic N) is 19. The maximum atomic E-state index is 13.8. The van der Waals surface area contributed by atoms with Crippen LogP contribution in [0.15, 0.2) is 231 Å². The summed E-state index contributed by atoms with van der Waals surface area (Å²) in [6.07, 6.45) is 9.77. The molecule has 0 unspecified atom stereocenters. The Morgan fingerprint density at radius 2 is 0.608 bits per heavy atom. The number of benzene rings is 6. The average molecular weight is 2000 g/mol. The molecule has 12 heterocycles. The van der Waals surface area contributed by atoms with E-state index in [4.69, 9.17) is 29.8 Å². The van der Waals surface area contributed by atoms with Crippen molar-refractivity contribution in [3.8, 4) is 0 Å². The largest absolute Gasteiger partial charge is 0.368 e. The average Bonchev–Trinajstić information content (AvgIpc) is 0.835. The first-order chi connectivity index (χ1) is 68.8. The van der Waals surface area contributed by atoms with Gasteiger partial charge in [0.2, 0.25) is 0 Å². The van der Waals surface area contributed by atoms with Crippen LogP contribution in [0.3, 0.4) is 0 Å². The number of nitrogens with one attached hydrogen (secondary N) is 6. The minimum atomic E-state index is -0.863. The van der Waals surface area contributed by atoms with Gasteiger partial charge in [0.1, 0.15) is 64.0 Å². The number of halogens is 9. The summed E-state index contributed by atoms with van der Waals surface area (Å²) in [7, 11) is 0. The number of piperazine rings is 6. The molecule has 0 saturated carbocycles. The summed E-state index contributed by atoms with van der Waals surface area (Å²) in [6, 6.07) is 51.9. The predicted molar refractivity (Wildman–Crippen MR) is 545 cm³/mol. The van der Waals surface area contributed by atoms with E-state index in [1.165, 1.54) is 42.6 Å². The molecule has 0 bridgehead atoms. The van der Waals surface area contributed by atoms with Crippen LogP contribution in [-0.2, 0) is 0 Å². The van der Waals surface area contributed by atoms with Crippen LogP contribution in [0.2, 0.25) is 10.0 Å². The zero-order valence-corrected chi connectivity index (χ0v) is 81.3. The van der Waals surface area contributed by atoms with Gasteiger partial charge in [-0.25, -0.2) is 94.2 Å². The lowest BCUT2D eigenvalue weighted by molar-refractivity contribution is 0.207. The molecule has 6 aliphatic rings. The molecule has 6 aromatic carbocycles. The van der Waals surface area contributed by atoms with Crippen LogP contribution in [0.5, 0.6) is 0 Å². The van der Waals surface area contributed by atoms with Gasteiger partial charge in [0, 0.05) is 234 Å². The first kappa shape index (κ1) is 105. The van der Waals surface area contributed by atoms with Gasteiger partial charge in [-0.05, 0) is 191 Å². The third kappa shape index (κ3) is 31.4. The second-order valence-electron chi connectivity index (χ2n) is 34.3. The number of hydrogen-bond donors (Lipinski definition) is 6. The minimum Gasteiger partial charge on any atom is -0.368 e. The van der Waals surface area contributed by atoms with Crippen LogP contribution in [0.4, 0.5) is 134 Å². The van der Waals surface area contributed by atoms with Gasteiger partial charge in [-0.15, -0.1) is 0 Å². The molecule has 31 nitrogen and oxygen atoms in total. The monoisotopic (exact) mass is 2000 g/mol. The fourth-order valence-corrected chi connectivity index (χ4v) is 16.1. The molecule has 0 radical (unpaired) electrons. The number of amides is 12. The molecule has 0 aliphatic carbocycles. The van der Waals surface area contributed by atoms with Gasteiger partial charge < -0.3 is 64.1 Å². The van der Waals surface area contributed by atoms with E-state index in [9.17, 15) is 59.5 Å². The van der Waals surface area contributed by atoms with Crippen molar-refractivity contribution in [2.45, 2.75) is 41.5 Å². The molecular weight excluding hydrogens is 1890 g/mol. The number of pyridine rings is 6.